The molecule has 1 aromatic rings. The molecular weight excluding hydrogens is 302 g/mol. The summed E-state index contributed by atoms with van der Waals surface area (Å²) in [6.07, 6.45) is 4.24. The molecule has 0 spiro atoms. The van der Waals surface area contributed by atoms with Gasteiger partial charge in [0, 0.05) is 17.1 Å². The number of halogens is 1. The van der Waals surface area contributed by atoms with Gasteiger partial charge < -0.3 is 0 Å². The molecule has 3 nitrogen and oxygen atoms in total. The molecular formula is C12H16BrNO2S. The van der Waals surface area contributed by atoms with Crippen molar-refractivity contribution in [2.75, 3.05) is 12.8 Å². The lowest BCUT2D eigenvalue weighted by Gasteiger charge is -2.34. The van der Waals surface area contributed by atoms with Crippen LogP contribution in [0.1, 0.15) is 30.9 Å². The third-order valence-corrected chi connectivity index (χ3v) is 4.90. The smallest absolute Gasteiger partial charge is 0.211 e. The number of benzene rings is 1. The summed E-state index contributed by atoms with van der Waals surface area (Å²) in [5.41, 5.74) is 1.07. The van der Waals surface area contributed by atoms with Crippen molar-refractivity contribution < 1.29 is 8.42 Å². The van der Waals surface area contributed by atoms with E-state index in [4.69, 9.17) is 0 Å². The molecule has 1 unspecified atom stereocenters. The van der Waals surface area contributed by atoms with Gasteiger partial charge in [-0.1, -0.05) is 34.5 Å². The Morgan fingerprint density at radius 2 is 2.12 bits per heavy atom. The fourth-order valence-corrected chi connectivity index (χ4v) is 3.92. The number of piperidine rings is 1. The van der Waals surface area contributed by atoms with Crippen LogP contribution in [0.15, 0.2) is 28.7 Å². The second-order valence-electron chi connectivity index (χ2n) is 4.44. The Morgan fingerprint density at radius 3 is 2.76 bits per heavy atom. The molecule has 17 heavy (non-hydrogen) atoms. The Labute approximate surface area is 111 Å². The van der Waals surface area contributed by atoms with E-state index in [1.807, 2.05) is 24.3 Å². The average Bonchev–Trinajstić information content (AvgIpc) is 2.28. The monoisotopic (exact) mass is 317 g/mol. The lowest BCUT2D eigenvalue weighted by atomic mass is 9.98. The van der Waals surface area contributed by atoms with E-state index in [0.29, 0.717) is 6.54 Å². The lowest BCUT2D eigenvalue weighted by molar-refractivity contribution is 0.257. The van der Waals surface area contributed by atoms with Gasteiger partial charge in [-0.05, 0) is 30.5 Å². The van der Waals surface area contributed by atoms with Crippen LogP contribution in [0.25, 0.3) is 0 Å². The molecule has 0 saturated carbocycles. The largest absolute Gasteiger partial charge is 0.212 e. The van der Waals surface area contributed by atoms with Crippen molar-refractivity contribution >= 4 is 26.0 Å². The second kappa shape index (κ2) is 5.08. The molecule has 0 aliphatic carbocycles. The Hall–Kier alpha value is -0.390. The van der Waals surface area contributed by atoms with Crippen LogP contribution in [0, 0.1) is 0 Å². The van der Waals surface area contributed by atoms with Crippen LogP contribution in [0.3, 0.4) is 0 Å². The normalized spacial score (nSPS) is 22.6. The maximum Gasteiger partial charge on any atom is 0.211 e. The number of sulfonamides is 1. The SMILES string of the molecule is CS(=O)(=O)N1CCCCC1c1cccc(Br)c1. The van der Waals surface area contributed by atoms with E-state index in [-0.39, 0.29) is 6.04 Å². The zero-order chi connectivity index (χ0) is 12.5. The average molecular weight is 318 g/mol. The highest BCUT2D eigenvalue weighted by atomic mass is 79.9. The molecule has 1 aromatic carbocycles. The van der Waals surface area contributed by atoms with Gasteiger partial charge in [0.1, 0.15) is 0 Å². The first kappa shape index (κ1) is 13.1. The minimum Gasteiger partial charge on any atom is -0.212 e. The summed E-state index contributed by atoms with van der Waals surface area (Å²) in [5.74, 6) is 0. The molecule has 1 heterocycles. The van der Waals surface area contributed by atoms with Gasteiger partial charge in [-0.25, -0.2) is 8.42 Å². The molecule has 0 radical (unpaired) electrons. The van der Waals surface area contributed by atoms with E-state index in [1.54, 1.807) is 4.31 Å². The Balaban J connectivity index is 2.34. The number of hydrogen-bond donors (Lipinski definition) is 0. The summed E-state index contributed by atoms with van der Waals surface area (Å²) in [7, 11) is -3.12. The molecule has 1 fully saturated rings. The van der Waals surface area contributed by atoms with Crippen LogP contribution in [0.2, 0.25) is 0 Å². The lowest BCUT2D eigenvalue weighted by Crippen LogP contribution is -2.37. The Bertz CT molecular complexity index is 501. The second-order valence-corrected chi connectivity index (χ2v) is 7.29. The molecule has 0 aromatic heterocycles. The molecule has 2 rings (SSSR count). The number of hydrogen-bond acceptors (Lipinski definition) is 2. The van der Waals surface area contributed by atoms with Crippen molar-refractivity contribution in [2.45, 2.75) is 25.3 Å². The summed E-state index contributed by atoms with van der Waals surface area (Å²) in [6, 6.07) is 7.91. The maximum atomic E-state index is 11.8. The summed E-state index contributed by atoms with van der Waals surface area (Å²) >= 11 is 3.43. The highest BCUT2D eigenvalue weighted by Crippen LogP contribution is 2.33. The maximum absolute atomic E-state index is 11.8. The van der Waals surface area contributed by atoms with Crippen LogP contribution in [-0.2, 0) is 10.0 Å². The highest BCUT2D eigenvalue weighted by molar-refractivity contribution is 9.10. The van der Waals surface area contributed by atoms with Crippen molar-refractivity contribution in [1.82, 2.24) is 4.31 Å². The van der Waals surface area contributed by atoms with Gasteiger partial charge in [0.2, 0.25) is 10.0 Å². The predicted molar refractivity (Wildman–Crippen MR) is 72.3 cm³/mol. The third-order valence-electron chi connectivity index (χ3n) is 3.11. The van der Waals surface area contributed by atoms with E-state index in [9.17, 15) is 8.42 Å². The molecule has 1 aliphatic heterocycles. The molecule has 1 saturated heterocycles. The summed E-state index contributed by atoms with van der Waals surface area (Å²) in [5, 5.41) is 0. The summed E-state index contributed by atoms with van der Waals surface area (Å²) in [4.78, 5) is 0. The Kier molecular flexibility index (Phi) is 3.90. The van der Waals surface area contributed by atoms with Crippen molar-refractivity contribution in [3.05, 3.63) is 34.3 Å². The summed E-state index contributed by atoms with van der Waals surface area (Å²) in [6.45, 7) is 0.635. The van der Waals surface area contributed by atoms with Crippen molar-refractivity contribution in [2.24, 2.45) is 0 Å². The minimum absolute atomic E-state index is 0.00347. The quantitative estimate of drug-likeness (QED) is 0.841. The fraction of sp³-hybridized carbons (Fsp3) is 0.500. The van der Waals surface area contributed by atoms with Crippen LogP contribution >= 0.6 is 15.9 Å². The molecule has 5 heteroatoms. The van der Waals surface area contributed by atoms with Crippen molar-refractivity contribution in [3.63, 3.8) is 0 Å². The van der Waals surface area contributed by atoms with Gasteiger partial charge in [0.15, 0.2) is 0 Å². The number of rotatable bonds is 2. The first-order valence-corrected chi connectivity index (χ1v) is 8.35. The van der Waals surface area contributed by atoms with Gasteiger partial charge in [-0.2, -0.15) is 4.31 Å². The molecule has 1 atom stereocenters. The molecule has 0 N–H and O–H groups in total. The molecule has 1 aliphatic rings. The van der Waals surface area contributed by atoms with E-state index < -0.39 is 10.0 Å². The zero-order valence-electron chi connectivity index (χ0n) is 9.77. The Morgan fingerprint density at radius 1 is 1.35 bits per heavy atom. The van der Waals surface area contributed by atoms with Gasteiger partial charge in [-0.3, -0.25) is 0 Å². The van der Waals surface area contributed by atoms with E-state index in [1.165, 1.54) is 6.26 Å². The van der Waals surface area contributed by atoms with Gasteiger partial charge >= 0.3 is 0 Å². The van der Waals surface area contributed by atoms with E-state index in [0.717, 1.165) is 29.3 Å². The van der Waals surface area contributed by atoms with E-state index >= 15 is 0 Å². The topological polar surface area (TPSA) is 37.4 Å². The van der Waals surface area contributed by atoms with Crippen molar-refractivity contribution in [1.29, 1.82) is 0 Å². The van der Waals surface area contributed by atoms with Crippen LogP contribution < -0.4 is 0 Å². The fourth-order valence-electron chi connectivity index (χ4n) is 2.35. The molecule has 94 valence electrons. The first-order chi connectivity index (χ1) is 7.98. The predicted octanol–water partition coefficient (Wildman–Crippen LogP) is 2.94. The van der Waals surface area contributed by atoms with Crippen molar-refractivity contribution in [3.8, 4) is 0 Å². The summed E-state index contributed by atoms with van der Waals surface area (Å²) < 4.78 is 26.2. The highest BCUT2D eigenvalue weighted by Gasteiger charge is 2.30. The molecule has 0 amide bonds. The standard InChI is InChI=1S/C12H16BrNO2S/c1-17(15,16)14-8-3-2-7-12(14)10-5-4-6-11(13)9-10/h4-6,9,12H,2-3,7-8H2,1H3. The van der Waals surface area contributed by atoms with E-state index in [2.05, 4.69) is 15.9 Å². The zero-order valence-corrected chi connectivity index (χ0v) is 12.2. The van der Waals surface area contributed by atoms with Gasteiger partial charge in [-0.15, -0.1) is 0 Å². The third kappa shape index (κ3) is 3.09. The first-order valence-electron chi connectivity index (χ1n) is 5.71. The van der Waals surface area contributed by atoms with Crippen LogP contribution in [0.5, 0.6) is 0 Å². The minimum atomic E-state index is -3.12. The van der Waals surface area contributed by atoms with Gasteiger partial charge in [0.25, 0.3) is 0 Å². The van der Waals surface area contributed by atoms with Crippen LogP contribution in [0.4, 0.5) is 0 Å². The van der Waals surface area contributed by atoms with Gasteiger partial charge in [0.05, 0.1) is 6.26 Å². The molecule has 0 bridgehead atoms. The number of nitrogens with zero attached hydrogens (tertiary/aromatic N) is 1. The van der Waals surface area contributed by atoms with Crippen LogP contribution in [-0.4, -0.2) is 25.5 Å².